The van der Waals surface area contributed by atoms with E-state index >= 15 is 0 Å². The highest BCUT2D eigenvalue weighted by molar-refractivity contribution is 7.92. The van der Waals surface area contributed by atoms with Crippen LogP contribution in [0.2, 0.25) is 5.02 Å². The van der Waals surface area contributed by atoms with Crippen molar-refractivity contribution in [3.8, 4) is 0 Å². The third kappa shape index (κ3) is 5.48. The molecule has 2 aromatic rings. The summed E-state index contributed by atoms with van der Waals surface area (Å²) in [5.41, 5.74) is 0. The van der Waals surface area contributed by atoms with Gasteiger partial charge in [0.25, 0.3) is 11.8 Å². The molecule has 0 bridgehead atoms. The van der Waals surface area contributed by atoms with Gasteiger partial charge in [-0.3, -0.25) is 14.4 Å². The van der Waals surface area contributed by atoms with Crippen molar-refractivity contribution in [2.75, 3.05) is 26.2 Å². The van der Waals surface area contributed by atoms with Crippen LogP contribution in [0.4, 0.5) is 0 Å². The van der Waals surface area contributed by atoms with Gasteiger partial charge in [-0.05, 0) is 42.1 Å². The second-order valence-electron chi connectivity index (χ2n) is 7.29. The molecule has 11 heteroatoms. The van der Waals surface area contributed by atoms with Crippen LogP contribution in [-0.4, -0.2) is 67.5 Å². The van der Waals surface area contributed by atoms with Crippen molar-refractivity contribution < 1.29 is 22.8 Å². The molecule has 172 valence electrons. The van der Waals surface area contributed by atoms with Crippen molar-refractivity contribution in [3.05, 3.63) is 51.7 Å². The molecule has 8 nitrogen and oxygen atoms in total. The van der Waals surface area contributed by atoms with Gasteiger partial charge in [0, 0.05) is 37.6 Å². The standard InChI is InChI=1S/C21H24ClN3O5S2/c1-2-4-18(26)24-10-12-25(13-11-24)21(28)20(23-19(27)17-5-3-14-31-17)32(29,30)16-8-6-15(22)7-9-16/h3,5-9,14,20H,2,4,10-13H2,1H3,(H,23,27)/t20-/m0/s1. The van der Waals surface area contributed by atoms with E-state index in [2.05, 4.69) is 5.32 Å². The van der Waals surface area contributed by atoms with E-state index in [4.69, 9.17) is 11.6 Å². The highest BCUT2D eigenvalue weighted by Gasteiger charge is 2.39. The molecular weight excluding hydrogens is 474 g/mol. The summed E-state index contributed by atoms with van der Waals surface area (Å²) in [6, 6.07) is 8.64. The number of hydrogen-bond acceptors (Lipinski definition) is 6. The molecule has 1 aliphatic heterocycles. The first kappa shape index (κ1) is 24.2. The Hall–Kier alpha value is -2.43. The number of piperazine rings is 1. The van der Waals surface area contributed by atoms with Gasteiger partial charge < -0.3 is 15.1 Å². The maximum atomic E-state index is 13.3. The van der Waals surface area contributed by atoms with Gasteiger partial charge in [-0.25, -0.2) is 8.42 Å². The minimum atomic E-state index is -4.25. The van der Waals surface area contributed by atoms with Gasteiger partial charge in [0.05, 0.1) is 9.77 Å². The van der Waals surface area contributed by atoms with Crippen molar-refractivity contribution in [2.45, 2.75) is 30.0 Å². The lowest BCUT2D eigenvalue weighted by Gasteiger charge is -2.36. The normalized spacial score (nSPS) is 15.3. The number of rotatable bonds is 7. The molecule has 1 saturated heterocycles. The molecule has 0 aliphatic carbocycles. The van der Waals surface area contributed by atoms with Crippen LogP contribution in [0.3, 0.4) is 0 Å². The lowest BCUT2D eigenvalue weighted by molar-refractivity contribution is -0.139. The predicted molar refractivity (Wildman–Crippen MR) is 122 cm³/mol. The molecule has 3 amide bonds. The number of carbonyl (C=O) groups is 3. The molecule has 3 rings (SSSR count). The van der Waals surface area contributed by atoms with E-state index in [9.17, 15) is 22.8 Å². The van der Waals surface area contributed by atoms with E-state index in [1.807, 2.05) is 6.92 Å². The second kappa shape index (κ2) is 10.5. The highest BCUT2D eigenvalue weighted by Crippen LogP contribution is 2.21. The Morgan fingerprint density at radius 1 is 1.06 bits per heavy atom. The summed E-state index contributed by atoms with van der Waals surface area (Å²) in [4.78, 5) is 41.3. The first-order valence-electron chi connectivity index (χ1n) is 10.1. The summed E-state index contributed by atoms with van der Waals surface area (Å²) in [5, 5.41) is 2.64. The predicted octanol–water partition coefficient (Wildman–Crippen LogP) is 2.40. The van der Waals surface area contributed by atoms with Crippen molar-refractivity contribution in [1.29, 1.82) is 0 Å². The minimum absolute atomic E-state index is 0.0101. The maximum Gasteiger partial charge on any atom is 0.262 e. The fourth-order valence-electron chi connectivity index (χ4n) is 3.34. The zero-order chi connectivity index (χ0) is 23.3. The summed E-state index contributed by atoms with van der Waals surface area (Å²) >= 11 is 7.01. The molecule has 1 aromatic heterocycles. The van der Waals surface area contributed by atoms with Crippen molar-refractivity contribution in [3.63, 3.8) is 0 Å². The Morgan fingerprint density at radius 3 is 2.25 bits per heavy atom. The number of amides is 3. The first-order valence-corrected chi connectivity index (χ1v) is 12.9. The molecule has 0 radical (unpaired) electrons. The van der Waals surface area contributed by atoms with Gasteiger partial charge in [-0.2, -0.15) is 0 Å². The summed E-state index contributed by atoms with van der Waals surface area (Å²) in [7, 11) is -4.25. The molecule has 32 heavy (non-hydrogen) atoms. The van der Waals surface area contributed by atoms with Crippen LogP contribution in [0.25, 0.3) is 0 Å². The number of benzene rings is 1. The van der Waals surface area contributed by atoms with Crippen LogP contribution < -0.4 is 5.32 Å². The number of thiophene rings is 1. The lowest BCUT2D eigenvalue weighted by atomic mass is 10.2. The first-order chi connectivity index (χ1) is 15.2. The largest absolute Gasteiger partial charge is 0.339 e. The smallest absolute Gasteiger partial charge is 0.262 e. The van der Waals surface area contributed by atoms with Crippen LogP contribution in [0.5, 0.6) is 0 Å². The molecule has 1 atom stereocenters. The van der Waals surface area contributed by atoms with E-state index < -0.39 is 27.0 Å². The molecule has 1 N–H and O–H groups in total. The van der Waals surface area contributed by atoms with Crippen LogP contribution >= 0.6 is 22.9 Å². The zero-order valence-electron chi connectivity index (χ0n) is 17.5. The van der Waals surface area contributed by atoms with E-state index in [0.717, 1.165) is 17.8 Å². The van der Waals surface area contributed by atoms with E-state index in [1.54, 1.807) is 22.4 Å². The maximum absolute atomic E-state index is 13.3. The van der Waals surface area contributed by atoms with Crippen LogP contribution in [-0.2, 0) is 19.4 Å². The van der Waals surface area contributed by atoms with E-state index in [0.29, 0.717) is 29.4 Å². The fourth-order valence-corrected chi connectivity index (χ4v) is 5.56. The molecule has 1 aliphatic rings. The quantitative estimate of drug-likeness (QED) is 0.632. The summed E-state index contributed by atoms with van der Waals surface area (Å²) in [6.45, 7) is 2.93. The van der Waals surface area contributed by atoms with Crippen molar-refractivity contribution >= 4 is 50.5 Å². The molecule has 0 spiro atoms. The average Bonchev–Trinajstić information content (AvgIpc) is 3.32. The second-order valence-corrected chi connectivity index (χ2v) is 10.7. The van der Waals surface area contributed by atoms with Crippen LogP contribution in [0.15, 0.2) is 46.7 Å². The Morgan fingerprint density at radius 2 is 1.69 bits per heavy atom. The van der Waals surface area contributed by atoms with E-state index in [1.165, 1.54) is 29.2 Å². The van der Waals surface area contributed by atoms with E-state index in [-0.39, 0.29) is 23.9 Å². The summed E-state index contributed by atoms with van der Waals surface area (Å²) < 4.78 is 26.6. The van der Waals surface area contributed by atoms with Crippen LogP contribution in [0, 0.1) is 0 Å². The molecule has 1 fully saturated rings. The Balaban J connectivity index is 1.84. The zero-order valence-corrected chi connectivity index (χ0v) is 19.9. The molecular formula is C21H24ClN3O5S2. The van der Waals surface area contributed by atoms with Crippen molar-refractivity contribution in [1.82, 2.24) is 15.1 Å². The van der Waals surface area contributed by atoms with Crippen molar-refractivity contribution in [2.24, 2.45) is 0 Å². The van der Waals surface area contributed by atoms with Gasteiger partial charge >= 0.3 is 0 Å². The van der Waals surface area contributed by atoms with Crippen LogP contribution in [0.1, 0.15) is 29.4 Å². The Bertz CT molecular complexity index is 1060. The number of halogens is 1. The Labute approximate surface area is 196 Å². The number of hydrogen-bond donors (Lipinski definition) is 1. The molecule has 1 aromatic carbocycles. The summed E-state index contributed by atoms with van der Waals surface area (Å²) in [6.07, 6.45) is 1.16. The number of nitrogens with zero attached hydrogens (tertiary/aromatic N) is 2. The lowest BCUT2D eigenvalue weighted by Crippen LogP contribution is -2.57. The summed E-state index contributed by atoms with van der Waals surface area (Å²) in [5.74, 6) is -1.36. The molecule has 0 saturated carbocycles. The topological polar surface area (TPSA) is 104 Å². The van der Waals surface area contributed by atoms with Gasteiger partial charge in [0.2, 0.25) is 21.1 Å². The third-order valence-corrected chi connectivity index (χ3v) is 8.08. The number of carbonyl (C=O) groups excluding carboxylic acids is 3. The van der Waals surface area contributed by atoms with Gasteiger partial charge in [-0.15, -0.1) is 11.3 Å². The SMILES string of the molecule is CCCC(=O)N1CCN(C(=O)[C@@H](NC(=O)c2cccs2)S(=O)(=O)c2ccc(Cl)cc2)CC1. The number of sulfone groups is 1. The molecule has 2 heterocycles. The van der Waals surface area contributed by atoms with Gasteiger partial charge in [-0.1, -0.05) is 24.6 Å². The average molecular weight is 498 g/mol. The Kier molecular flexibility index (Phi) is 7.91. The molecule has 0 unspecified atom stereocenters. The van der Waals surface area contributed by atoms with Gasteiger partial charge in [0.1, 0.15) is 0 Å². The van der Waals surface area contributed by atoms with Gasteiger partial charge in [0.15, 0.2) is 0 Å². The monoisotopic (exact) mass is 497 g/mol. The minimum Gasteiger partial charge on any atom is -0.339 e. The fraction of sp³-hybridized carbons (Fsp3) is 0.381. The highest BCUT2D eigenvalue weighted by atomic mass is 35.5. The number of nitrogens with one attached hydrogen (secondary N) is 1. The third-order valence-electron chi connectivity index (χ3n) is 5.09.